The van der Waals surface area contributed by atoms with Gasteiger partial charge in [-0.05, 0) is 45.8 Å². The molecule has 23 heavy (non-hydrogen) atoms. The van der Waals surface area contributed by atoms with Crippen LogP contribution >= 0.6 is 0 Å². The van der Waals surface area contributed by atoms with E-state index in [0.29, 0.717) is 18.9 Å². The number of hydrogen-bond acceptors (Lipinski definition) is 5. The maximum Gasteiger partial charge on any atom is 0.224 e. The highest BCUT2D eigenvalue weighted by molar-refractivity contribution is 5.76. The molecule has 1 aliphatic rings. The number of carbonyl (C=O) groups is 1. The predicted octanol–water partition coefficient (Wildman–Crippen LogP) is 1.84. The van der Waals surface area contributed by atoms with Gasteiger partial charge in [0, 0.05) is 44.5 Å². The number of amides is 1. The van der Waals surface area contributed by atoms with E-state index in [-0.39, 0.29) is 5.91 Å². The van der Waals surface area contributed by atoms with E-state index in [1.807, 2.05) is 31.9 Å². The number of piperidine rings is 1. The van der Waals surface area contributed by atoms with Crippen LogP contribution in [0.1, 0.15) is 37.1 Å². The molecule has 1 aromatic rings. The summed E-state index contributed by atoms with van der Waals surface area (Å²) in [5.41, 5.74) is 1.87. The summed E-state index contributed by atoms with van der Waals surface area (Å²) in [7, 11) is 1.89. The molecule has 6 heteroatoms. The lowest BCUT2D eigenvalue weighted by molar-refractivity contribution is -0.129. The van der Waals surface area contributed by atoms with Gasteiger partial charge >= 0.3 is 0 Å². The van der Waals surface area contributed by atoms with Gasteiger partial charge in [0.05, 0.1) is 0 Å². The molecular formula is C17H29N5O. The number of nitrogens with one attached hydrogen (secondary N) is 1. The molecule has 0 aliphatic carbocycles. The van der Waals surface area contributed by atoms with Crippen LogP contribution in [0.2, 0.25) is 0 Å². The van der Waals surface area contributed by atoms with Crippen LogP contribution in [0.15, 0.2) is 6.07 Å². The van der Waals surface area contributed by atoms with Crippen LogP contribution in [-0.4, -0.2) is 65.4 Å². The molecule has 0 bridgehead atoms. The number of hydrogen-bond donors (Lipinski definition) is 1. The molecule has 0 atom stereocenters. The lowest BCUT2D eigenvalue weighted by Crippen LogP contribution is -2.39. The zero-order chi connectivity index (χ0) is 16.7. The third-order valence-electron chi connectivity index (χ3n) is 4.23. The first kappa shape index (κ1) is 17.7. The number of carbonyl (C=O) groups excluding carboxylic acids is 1. The zero-order valence-corrected chi connectivity index (χ0v) is 14.6. The van der Waals surface area contributed by atoms with Crippen LogP contribution in [0.4, 0.5) is 5.95 Å². The van der Waals surface area contributed by atoms with E-state index >= 15 is 0 Å². The molecule has 1 amide bonds. The van der Waals surface area contributed by atoms with Crippen molar-refractivity contribution in [2.75, 3.05) is 45.1 Å². The van der Waals surface area contributed by atoms with Crippen LogP contribution in [0.25, 0.3) is 0 Å². The molecule has 1 N–H and O–H groups in total. The minimum absolute atomic E-state index is 0.166. The average Bonchev–Trinajstić information content (AvgIpc) is 2.52. The predicted molar refractivity (Wildman–Crippen MR) is 92.5 cm³/mol. The summed E-state index contributed by atoms with van der Waals surface area (Å²) in [5, 5.41) is 3.14. The second-order valence-electron chi connectivity index (χ2n) is 6.37. The minimum atomic E-state index is 0.166. The third kappa shape index (κ3) is 6.14. The maximum absolute atomic E-state index is 12.2. The van der Waals surface area contributed by atoms with Crippen molar-refractivity contribution in [1.82, 2.24) is 19.8 Å². The van der Waals surface area contributed by atoms with E-state index in [4.69, 9.17) is 0 Å². The van der Waals surface area contributed by atoms with Crippen molar-refractivity contribution in [1.29, 1.82) is 0 Å². The molecule has 2 rings (SSSR count). The fraction of sp³-hybridized carbons (Fsp3) is 0.706. The average molecular weight is 319 g/mol. The van der Waals surface area contributed by atoms with Gasteiger partial charge in [0.1, 0.15) is 0 Å². The summed E-state index contributed by atoms with van der Waals surface area (Å²) >= 11 is 0. The summed E-state index contributed by atoms with van der Waals surface area (Å²) in [5.74, 6) is 0.769. The fourth-order valence-corrected chi connectivity index (χ4v) is 2.88. The van der Waals surface area contributed by atoms with Crippen LogP contribution < -0.4 is 5.32 Å². The van der Waals surface area contributed by atoms with Gasteiger partial charge in [0.25, 0.3) is 0 Å². The first-order valence-corrected chi connectivity index (χ1v) is 8.57. The van der Waals surface area contributed by atoms with Gasteiger partial charge in [0.2, 0.25) is 11.9 Å². The van der Waals surface area contributed by atoms with Gasteiger partial charge in [-0.2, -0.15) is 0 Å². The van der Waals surface area contributed by atoms with E-state index in [0.717, 1.165) is 24.5 Å². The quantitative estimate of drug-likeness (QED) is 0.831. The van der Waals surface area contributed by atoms with Crippen molar-refractivity contribution in [3.63, 3.8) is 0 Å². The Kier molecular flexibility index (Phi) is 6.77. The highest BCUT2D eigenvalue weighted by atomic mass is 16.2. The smallest absolute Gasteiger partial charge is 0.224 e. The third-order valence-corrected chi connectivity index (χ3v) is 4.23. The van der Waals surface area contributed by atoms with Crippen LogP contribution in [0.3, 0.4) is 0 Å². The van der Waals surface area contributed by atoms with E-state index < -0.39 is 0 Å². The number of likely N-dealkylation sites (tertiary alicyclic amines) is 1. The Balaban J connectivity index is 1.67. The van der Waals surface area contributed by atoms with E-state index in [1.54, 1.807) is 0 Å². The number of anilines is 1. The molecule has 0 spiro atoms. The van der Waals surface area contributed by atoms with Gasteiger partial charge in [-0.25, -0.2) is 9.97 Å². The van der Waals surface area contributed by atoms with Crippen LogP contribution in [0, 0.1) is 13.8 Å². The summed E-state index contributed by atoms with van der Waals surface area (Å²) in [6.07, 6.45) is 4.39. The Labute approximate surface area is 139 Å². The summed E-state index contributed by atoms with van der Waals surface area (Å²) in [4.78, 5) is 25.1. The molecule has 0 aromatic carbocycles. The molecule has 0 unspecified atom stereocenters. The highest BCUT2D eigenvalue weighted by Crippen LogP contribution is 2.08. The van der Waals surface area contributed by atoms with Gasteiger partial charge in [-0.1, -0.05) is 6.42 Å². The van der Waals surface area contributed by atoms with E-state index in [9.17, 15) is 4.79 Å². The molecule has 6 nitrogen and oxygen atoms in total. The van der Waals surface area contributed by atoms with Crippen LogP contribution in [0.5, 0.6) is 0 Å². The van der Waals surface area contributed by atoms with Crippen molar-refractivity contribution in [2.24, 2.45) is 0 Å². The highest BCUT2D eigenvalue weighted by Gasteiger charge is 2.13. The Bertz CT molecular complexity index is 493. The van der Waals surface area contributed by atoms with Gasteiger partial charge in [0.15, 0.2) is 0 Å². The Hall–Kier alpha value is -1.69. The lowest BCUT2D eigenvalue weighted by atomic mass is 10.1. The zero-order valence-electron chi connectivity index (χ0n) is 14.6. The number of aromatic nitrogens is 2. The summed E-state index contributed by atoms with van der Waals surface area (Å²) < 4.78 is 0. The molecule has 1 saturated heterocycles. The van der Waals surface area contributed by atoms with E-state index in [1.165, 1.54) is 32.4 Å². The maximum atomic E-state index is 12.2. The molecule has 1 aromatic heterocycles. The number of rotatable bonds is 7. The standard InChI is InChI=1S/C17H29N5O/c1-14-13-15(2)20-17(19-14)18-8-7-16(23)21(3)11-12-22-9-5-4-6-10-22/h13H,4-12H2,1-3H3,(H,18,19,20). The Morgan fingerprint density at radius 3 is 2.52 bits per heavy atom. The second-order valence-corrected chi connectivity index (χ2v) is 6.37. The van der Waals surface area contributed by atoms with Crippen LogP contribution in [-0.2, 0) is 4.79 Å². The normalized spacial score (nSPS) is 15.4. The fourth-order valence-electron chi connectivity index (χ4n) is 2.88. The molecule has 0 radical (unpaired) electrons. The first-order chi connectivity index (χ1) is 11.0. The molecular weight excluding hydrogens is 290 g/mol. The molecule has 1 fully saturated rings. The van der Waals surface area contributed by atoms with Gasteiger partial charge in [-0.3, -0.25) is 4.79 Å². The van der Waals surface area contributed by atoms with Gasteiger partial charge in [-0.15, -0.1) is 0 Å². The molecule has 1 aliphatic heterocycles. The Morgan fingerprint density at radius 1 is 1.22 bits per heavy atom. The Morgan fingerprint density at radius 2 is 1.87 bits per heavy atom. The number of likely N-dealkylation sites (N-methyl/N-ethyl adjacent to an activating group) is 1. The second kappa shape index (κ2) is 8.82. The molecule has 2 heterocycles. The minimum Gasteiger partial charge on any atom is -0.354 e. The summed E-state index contributed by atoms with van der Waals surface area (Å²) in [6, 6.07) is 1.94. The number of nitrogens with zero attached hydrogens (tertiary/aromatic N) is 4. The molecule has 0 saturated carbocycles. The lowest BCUT2D eigenvalue weighted by Gasteiger charge is -2.28. The van der Waals surface area contributed by atoms with Crippen molar-refractivity contribution >= 4 is 11.9 Å². The van der Waals surface area contributed by atoms with Crippen molar-refractivity contribution in [3.8, 4) is 0 Å². The van der Waals surface area contributed by atoms with Crippen molar-refractivity contribution in [2.45, 2.75) is 39.5 Å². The molecule has 128 valence electrons. The SMILES string of the molecule is Cc1cc(C)nc(NCCC(=O)N(C)CCN2CCCCC2)n1. The van der Waals surface area contributed by atoms with E-state index in [2.05, 4.69) is 20.2 Å². The first-order valence-electron chi connectivity index (χ1n) is 8.57. The van der Waals surface area contributed by atoms with Crippen molar-refractivity contribution < 1.29 is 4.79 Å². The number of aryl methyl sites for hydroxylation is 2. The monoisotopic (exact) mass is 319 g/mol. The topological polar surface area (TPSA) is 61.4 Å². The van der Waals surface area contributed by atoms with Gasteiger partial charge < -0.3 is 15.1 Å². The largest absolute Gasteiger partial charge is 0.354 e. The summed E-state index contributed by atoms with van der Waals surface area (Å²) in [6.45, 7) is 8.59. The van der Waals surface area contributed by atoms with Crippen molar-refractivity contribution in [3.05, 3.63) is 17.5 Å².